The first-order valence-corrected chi connectivity index (χ1v) is 6.79. The van der Waals surface area contributed by atoms with Crippen molar-refractivity contribution in [1.29, 1.82) is 0 Å². The Bertz CT molecular complexity index is 377. The highest BCUT2D eigenvalue weighted by molar-refractivity contribution is 9.10. The maximum Gasteiger partial charge on any atom is 0.0589 e. The summed E-state index contributed by atoms with van der Waals surface area (Å²) in [6.45, 7) is 4.36. The number of nitrogens with two attached hydrogens (primary N) is 1. The highest BCUT2D eigenvalue weighted by Crippen LogP contribution is 2.26. The predicted molar refractivity (Wildman–Crippen MR) is 73.6 cm³/mol. The van der Waals surface area contributed by atoms with Gasteiger partial charge in [-0.05, 0) is 42.6 Å². The van der Waals surface area contributed by atoms with Crippen molar-refractivity contribution in [2.24, 2.45) is 5.92 Å². The molecule has 94 valence electrons. The standard InChI is InChI=1S/C13H19BrN2O/c1-9-2-3-16(13(9)8-17)7-10-4-11(14)6-12(15)5-10/h4-6,9,13,17H,2-3,7-8,15H2,1H3. The summed E-state index contributed by atoms with van der Waals surface area (Å²) in [5.41, 5.74) is 7.81. The Morgan fingerprint density at radius 1 is 1.47 bits per heavy atom. The molecule has 1 aliphatic heterocycles. The van der Waals surface area contributed by atoms with Crippen LogP contribution < -0.4 is 5.73 Å². The molecule has 0 amide bonds. The van der Waals surface area contributed by atoms with E-state index in [2.05, 4.69) is 33.8 Å². The number of aliphatic hydroxyl groups excluding tert-OH is 1. The van der Waals surface area contributed by atoms with Crippen LogP contribution in [0.1, 0.15) is 18.9 Å². The van der Waals surface area contributed by atoms with Crippen molar-refractivity contribution in [2.45, 2.75) is 25.9 Å². The average Bonchev–Trinajstić information content (AvgIpc) is 2.57. The third-order valence-corrected chi connectivity index (χ3v) is 4.01. The number of likely N-dealkylation sites (tertiary alicyclic amines) is 1. The van der Waals surface area contributed by atoms with Gasteiger partial charge in [-0.2, -0.15) is 0 Å². The summed E-state index contributed by atoms with van der Waals surface area (Å²) >= 11 is 3.46. The van der Waals surface area contributed by atoms with E-state index in [4.69, 9.17) is 5.73 Å². The molecule has 0 bridgehead atoms. The Morgan fingerprint density at radius 3 is 2.88 bits per heavy atom. The molecule has 4 heteroatoms. The fourth-order valence-corrected chi connectivity index (χ4v) is 3.14. The van der Waals surface area contributed by atoms with Crippen LogP contribution in [0.5, 0.6) is 0 Å². The molecule has 2 rings (SSSR count). The van der Waals surface area contributed by atoms with Crippen molar-refractivity contribution in [1.82, 2.24) is 4.90 Å². The first-order valence-electron chi connectivity index (χ1n) is 6.00. The van der Waals surface area contributed by atoms with E-state index in [-0.39, 0.29) is 12.6 Å². The smallest absolute Gasteiger partial charge is 0.0589 e. The third kappa shape index (κ3) is 3.00. The molecule has 17 heavy (non-hydrogen) atoms. The van der Waals surface area contributed by atoms with E-state index in [1.165, 1.54) is 5.56 Å². The van der Waals surface area contributed by atoms with E-state index in [1.807, 2.05) is 12.1 Å². The number of nitrogen functional groups attached to an aromatic ring is 1. The Kier molecular flexibility index (Phi) is 4.07. The van der Waals surface area contributed by atoms with Gasteiger partial charge in [0.05, 0.1) is 6.61 Å². The van der Waals surface area contributed by atoms with Crippen LogP contribution in [-0.2, 0) is 6.54 Å². The van der Waals surface area contributed by atoms with E-state index in [0.717, 1.165) is 29.7 Å². The van der Waals surface area contributed by atoms with E-state index in [1.54, 1.807) is 0 Å². The lowest BCUT2D eigenvalue weighted by Crippen LogP contribution is -2.34. The second kappa shape index (κ2) is 5.38. The largest absolute Gasteiger partial charge is 0.399 e. The molecule has 0 spiro atoms. The van der Waals surface area contributed by atoms with Crippen molar-refractivity contribution < 1.29 is 5.11 Å². The SMILES string of the molecule is CC1CCN(Cc2cc(N)cc(Br)c2)C1CO. The number of benzene rings is 1. The lowest BCUT2D eigenvalue weighted by atomic mass is 10.0. The quantitative estimate of drug-likeness (QED) is 0.842. The number of anilines is 1. The second-order valence-corrected chi connectivity index (χ2v) is 5.79. The van der Waals surface area contributed by atoms with Gasteiger partial charge >= 0.3 is 0 Å². The molecule has 1 heterocycles. The van der Waals surface area contributed by atoms with E-state index >= 15 is 0 Å². The van der Waals surface area contributed by atoms with Gasteiger partial charge in [-0.15, -0.1) is 0 Å². The van der Waals surface area contributed by atoms with Gasteiger partial charge in [-0.1, -0.05) is 22.9 Å². The Morgan fingerprint density at radius 2 is 2.24 bits per heavy atom. The minimum absolute atomic E-state index is 0.241. The molecule has 0 aromatic heterocycles. The van der Waals surface area contributed by atoms with Crippen molar-refractivity contribution in [3.8, 4) is 0 Å². The van der Waals surface area contributed by atoms with Gasteiger partial charge < -0.3 is 10.8 Å². The van der Waals surface area contributed by atoms with Gasteiger partial charge in [0.2, 0.25) is 0 Å². The van der Waals surface area contributed by atoms with Crippen molar-refractivity contribution in [2.75, 3.05) is 18.9 Å². The molecule has 0 aliphatic carbocycles. The molecule has 3 N–H and O–H groups in total. The summed E-state index contributed by atoms with van der Waals surface area (Å²) in [5.74, 6) is 0.574. The highest BCUT2D eigenvalue weighted by atomic mass is 79.9. The maximum absolute atomic E-state index is 9.42. The average molecular weight is 299 g/mol. The van der Waals surface area contributed by atoms with Crippen LogP contribution in [0.3, 0.4) is 0 Å². The first kappa shape index (κ1) is 12.9. The van der Waals surface area contributed by atoms with Crippen LogP contribution in [0.4, 0.5) is 5.69 Å². The summed E-state index contributed by atoms with van der Waals surface area (Å²) in [7, 11) is 0. The molecule has 1 aliphatic rings. The fraction of sp³-hybridized carbons (Fsp3) is 0.538. The number of nitrogens with zero attached hydrogens (tertiary/aromatic N) is 1. The zero-order valence-corrected chi connectivity index (χ0v) is 11.7. The van der Waals surface area contributed by atoms with Crippen molar-refractivity contribution >= 4 is 21.6 Å². The molecular weight excluding hydrogens is 280 g/mol. The molecule has 1 fully saturated rings. The minimum Gasteiger partial charge on any atom is -0.399 e. The van der Waals surface area contributed by atoms with Gasteiger partial charge in [0, 0.05) is 22.7 Å². The number of aliphatic hydroxyl groups is 1. The summed E-state index contributed by atoms with van der Waals surface area (Å²) in [6, 6.07) is 6.28. The third-order valence-electron chi connectivity index (χ3n) is 3.55. The molecule has 2 unspecified atom stereocenters. The summed E-state index contributed by atoms with van der Waals surface area (Å²) < 4.78 is 1.01. The van der Waals surface area contributed by atoms with Gasteiger partial charge in [0.15, 0.2) is 0 Å². The number of rotatable bonds is 3. The maximum atomic E-state index is 9.42. The molecule has 0 saturated carbocycles. The van der Waals surface area contributed by atoms with Gasteiger partial charge in [0.25, 0.3) is 0 Å². The van der Waals surface area contributed by atoms with E-state index in [9.17, 15) is 5.11 Å². The van der Waals surface area contributed by atoms with Crippen LogP contribution in [-0.4, -0.2) is 29.2 Å². The first-order chi connectivity index (χ1) is 8.10. The summed E-state index contributed by atoms with van der Waals surface area (Å²) in [4.78, 5) is 2.34. The van der Waals surface area contributed by atoms with E-state index < -0.39 is 0 Å². The lowest BCUT2D eigenvalue weighted by molar-refractivity contribution is 0.134. The van der Waals surface area contributed by atoms with Crippen LogP contribution in [0.2, 0.25) is 0 Å². The van der Waals surface area contributed by atoms with E-state index in [0.29, 0.717) is 5.92 Å². The highest BCUT2D eigenvalue weighted by Gasteiger charge is 2.30. The minimum atomic E-state index is 0.241. The molecule has 2 atom stereocenters. The Balaban J connectivity index is 2.10. The normalized spacial score (nSPS) is 25.4. The summed E-state index contributed by atoms with van der Waals surface area (Å²) in [5, 5.41) is 9.42. The number of hydrogen-bond acceptors (Lipinski definition) is 3. The van der Waals surface area contributed by atoms with Crippen LogP contribution >= 0.6 is 15.9 Å². The number of halogens is 1. The van der Waals surface area contributed by atoms with Crippen molar-refractivity contribution in [3.05, 3.63) is 28.2 Å². The monoisotopic (exact) mass is 298 g/mol. The van der Waals surface area contributed by atoms with Gasteiger partial charge in [0.1, 0.15) is 0 Å². The summed E-state index contributed by atoms with van der Waals surface area (Å²) in [6.07, 6.45) is 1.16. The second-order valence-electron chi connectivity index (χ2n) is 4.88. The van der Waals surface area contributed by atoms with Crippen molar-refractivity contribution in [3.63, 3.8) is 0 Å². The molecule has 1 aromatic carbocycles. The topological polar surface area (TPSA) is 49.5 Å². The zero-order chi connectivity index (χ0) is 12.4. The predicted octanol–water partition coefficient (Wildman–Crippen LogP) is 2.23. The zero-order valence-electron chi connectivity index (χ0n) is 10.1. The molecule has 3 nitrogen and oxygen atoms in total. The fourth-order valence-electron chi connectivity index (χ4n) is 2.58. The van der Waals surface area contributed by atoms with Crippen LogP contribution in [0.25, 0.3) is 0 Å². The molecule has 1 saturated heterocycles. The molecule has 1 aromatic rings. The molecular formula is C13H19BrN2O. The van der Waals surface area contributed by atoms with Gasteiger partial charge in [-0.25, -0.2) is 0 Å². The lowest BCUT2D eigenvalue weighted by Gasteiger charge is -2.25. The Hall–Kier alpha value is -0.580. The number of hydrogen-bond donors (Lipinski definition) is 2. The Labute approximate surface area is 111 Å². The molecule has 0 radical (unpaired) electrons. The van der Waals surface area contributed by atoms with Crippen LogP contribution in [0.15, 0.2) is 22.7 Å². The van der Waals surface area contributed by atoms with Crippen LogP contribution in [0, 0.1) is 5.92 Å². The van der Waals surface area contributed by atoms with Gasteiger partial charge in [-0.3, -0.25) is 4.90 Å².